The summed E-state index contributed by atoms with van der Waals surface area (Å²) in [4.78, 5) is 12.2. The zero-order valence-corrected chi connectivity index (χ0v) is 12.2. The van der Waals surface area contributed by atoms with Gasteiger partial charge in [-0.3, -0.25) is 10.1 Å². The number of hydrogen-bond acceptors (Lipinski definition) is 6. The number of benzene rings is 2. The first-order valence-electron chi connectivity index (χ1n) is 5.86. The Hall–Kier alpha value is -2.83. The lowest BCUT2D eigenvalue weighted by Gasteiger charge is -2.05. The lowest BCUT2D eigenvalue weighted by atomic mass is 10.2. The van der Waals surface area contributed by atoms with Gasteiger partial charge < -0.3 is 4.55 Å². The molecule has 2 aromatic carbocycles. The van der Waals surface area contributed by atoms with Crippen LogP contribution in [0, 0.1) is 22.4 Å². The third-order valence-corrected chi connectivity index (χ3v) is 3.32. The van der Waals surface area contributed by atoms with Crippen molar-refractivity contribution in [1.29, 1.82) is 5.39 Å². The van der Waals surface area contributed by atoms with E-state index in [1.807, 2.05) is 6.92 Å². The summed E-state index contributed by atoms with van der Waals surface area (Å²) < 4.78 is 31.2. The van der Waals surface area contributed by atoms with Gasteiger partial charge in [-0.15, -0.1) is 0 Å². The quantitative estimate of drug-likeness (QED) is 0.362. The molecule has 0 aliphatic rings. The smallest absolute Gasteiger partial charge is 0.391 e. The molecule has 0 saturated heterocycles. The Morgan fingerprint density at radius 1 is 1.14 bits per heavy atom. The van der Waals surface area contributed by atoms with E-state index in [1.165, 1.54) is 36.4 Å². The zero-order chi connectivity index (χ0) is 16.8. The molecule has 0 spiro atoms. The van der Waals surface area contributed by atoms with E-state index >= 15 is 0 Å². The Balaban J connectivity index is 0.000000220. The number of hydrogen-bond donors (Lipinski definition) is 0. The Labute approximate surface area is 126 Å². The highest BCUT2D eigenvalue weighted by Gasteiger charge is 2.11. The molecule has 9 heteroatoms. The minimum absolute atomic E-state index is 0.0831. The fourth-order valence-electron chi connectivity index (χ4n) is 1.37. The van der Waals surface area contributed by atoms with Crippen molar-refractivity contribution in [2.24, 2.45) is 0 Å². The zero-order valence-electron chi connectivity index (χ0n) is 11.4. The molecule has 0 N–H and O–H groups in total. The van der Waals surface area contributed by atoms with E-state index in [0.29, 0.717) is 0 Å². The van der Waals surface area contributed by atoms with Crippen molar-refractivity contribution in [3.05, 3.63) is 69.2 Å². The normalized spacial score (nSPS) is 10.0. The van der Waals surface area contributed by atoms with Gasteiger partial charge >= 0.3 is 5.69 Å². The standard InChI is InChI=1S/C7H8O3S.C6H4N3O2/c1-6-2-4-7(5-3-6)11(8,9)10;7-8-5-2-1-3-6(4-5)9(10)11/h2-5H,1H3,(H,8,9,10);1-4H/q;+1/p-1. The number of non-ortho nitro benzene ring substituents is 1. The largest absolute Gasteiger partial charge is 0.744 e. The predicted octanol–water partition coefficient (Wildman–Crippen LogP) is 2.98. The Bertz CT molecular complexity index is 810. The number of diazo groups is 1. The van der Waals surface area contributed by atoms with Crippen molar-refractivity contribution >= 4 is 21.5 Å². The molecule has 114 valence electrons. The van der Waals surface area contributed by atoms with Crippen LogP contribution in [0.5, 0.6) is 0 Å². The SMILES string of the molecule is Cc1ccc(S(=O)(=O)[O-])cc1.N#[N+]c1cccc([N+](=O)[O-])c1. The minimum atomic E-state index is -4.27. The molecule has 0 aliphatic carbocycles. The van der Waals surface area contributed by atoms with Gasteiger partial charge in [-0.1, -0.05) is 17.7 Å². The monoisotopic (exact) mass is 321 g/mol. The van der Waals surface area contributed by atoms with Gasteiger partial charge in [-0.05, 0) is 25.1 Å². The van der Waals surface area contributed by atoms with Crippen LogP contribution < -0.4 is 0 Å². The van der Waals surface area contributed by atoms with Gasteiger partial charge in [0.1, 0.15) is 16.2 Å². The second kappa shape index (κ2) is 7.26. The van der Waals surface area contributed by atoms with Gasteiger partial charge in [0.05, 0.1) is 9.82 Å². The lowest BCUT2D eigenvalue weighted by Crippen LogP contribution is -1.97. The first-order chi connectivity index (χ1) is 10.2. The molecule has 0 heterocycles. The summed E-state index contributed by atoms with van der Waals surface area (Å²) in [6.45, 7) is 1.82. The molecule has 22 heavy (non-hydrogen) atoms. The molecule has 0 aliphatic heterocycles. The molecule has 0 atom stereocenters. The van der Waals surface area contributed by atoms with Crippen LogP contribution in [0.4, 0.5) is 11.4 Å². The van der Waals surface area contributed by atoms with E-state index < -0.39 is 15.0 Å². The van der Waals surface area contributed by atoms with Crippen molar-refractivity contribution in [3.63, 3.8) is 0 Å². The van der Waals surface area contributed by atoms with Crippen LogP contribution in [0.3, 0.4) is 0 Å². The summed E-state index contributed by atoms with van der Waals surface area (Å²) in [5.74, 6) is 0. The van der Waals surface area contributed by atoms with E-state index in [9.17, 15) is 23.1 Å². The fraction of sp³-hybridized carbons (Fsp3) is 0.0769. The molecular weight excluding hydrogens is 310 g/mol. The Kier molecular flexibility index (Phi) is 5.68. The summed E-state index contributed by atoms with van der Waals surface area (Å²) in [6.07, 6.45) is 0. The van der Waals surface area contributed by atoms with Crippen molar-refractivity contribution in [3.8, 4) is 0 Å². The highest BCUT2D eigenvalue weighted by atomic mass is 32.2. The molecule has 0 amide bonds. The van der Waals surface area contributed by atoms with Crippen LogP contribution in [-0.4, -0.2) is 17.9 Å². The average Bonchev–Trinajstić information content (AvgIpc) is 2.47. The first-order valence-corrected chi connectivity index (χ1v) is 7.27. The highest BCUT2D eigenvalue weighted by Crippen LogP contribution is 2.18. The lowest BCUT2D eigenvalue weighted by molar-refractivity contribution is -0.384. The Morgan fingerprint density at radius 3 is 2.18 bits per heavy atom. The number of rotatable bonds is 2. The number of nitrogens with zero attached hydrogens (tertiary/aromatic N) is 3. The summed E-state index contributed by atoms with van der Waals surface area (Å²) in [7, 11) is -4.27. The third-order valence-electron chi connectivity index (χ3n) is 2.47. The van der Waals surface area contributed by atoms with Gasteiger partial charge in [0.15, 0.2) is 4.98 Å². The topological polar surface area (TPSA) is 128 Å². The third kappa shape index (κ3) is 5.28. The summed E-state index contributed by atoms with van der Waals surface area (Å²) >= 11 is 0. The van der Waals surface area contributed by atoms with Crippen molar-refractivity contribution in [2.75, 3.05) is 0 Å². The van der Waals surface area contributed by atoms with Crippen LogP contribution in [0.25, 0.3) is 4.98 Å². The van der Waals surface area contributed by atoms with Crippen LogP contribution in [0.15, 0.2) is 53.4 Å². The first kappa shape index (κ1) is 17.2. The van der Waals surface area contributed by atoms with Gasteiger partial charge in [0.2, 0.25) is 5.39 Å². The minimum Gasteiger partial charge on any atom is -0.744 e. The predicted molar refractivity (Wildman–Crippen MR) is 77.0 cm³/mol. The van der Waals surface area contributed by atoms with Crippen LogP contribution in [0.1, 0.15) is 5.56 Å². The van der Waals surface area contributed by atoms with Crippen LogP contribution in [0.2, 0.25) is 0 Å². The second-order valence-electron chi connectivity index (χ2n) is 4.14. The van der Waals surface area contributed by atoms with Gasteiger partial charge in [-0.25, -0.2) is 8.42 Å². The van der Waals surface area contributed by atoms with Gasteiger partial charge in [-0.2, -0.15) is 0 Å². The van der Waals surface area contributed by atoms with Crippen molar-refractivity contribution in [1.82, 2.24) is 0 Å². The average molecular weight is 321 g/mol. The number of aryl methyl sites for hydroxylation is 1. The van der Waals surface area contributed by atoms with E-state index in [-0.39, 0.29) is 16.3 Å². The maximum atomic E-state index is 10.4. The molecule has 0 radical (unpaired) electrons. The molecule has 2 aromatic rings. The van der Waals surface area contributed by atoms with Gasteiger partial charge in [0, 0.05) is 12.1 Å². The summed E-state index contributed by atoms with van der Waals surface area (Å²) in [6, 6.07) is 11.2. The molecule has 0 bridgehead atoms. The molecule has 2 rings (SSSR count). The summed E-state index contributed by atoms with van der Waals surface area (Å²) in [5, 5.41) is 18.4. The summed E-state index contributed by atoms with van der Waals surface area (Å²) in [5.41, 5.74) is 1.02. The molecule has 8 nitrogen and oxygen atoms in total. The van der Waals surface area contributed by atoms with Crippen molar-refractivity contribution in [2.45, 2.75) is 11.8 Å². The van der Waals surface area contributed by atoms with Crippen LogP contribution >= 0.6 is 0 Å². The molecular formula is C13H11N3O5S. The Morgan fingerprint density at radius 2 is 1.73 bits per heavy atom. The van der Waals surface area contributed by atoms with Gasteiger partial charge in [0.25, 0.3) is 5.69 Å². The van der Waals surface area contributed by atoms with E-state index in [1.54, 1.807) is 12.1 Å². The van der Waals surface area contributed by atoms with E-state index in [0.717, 1.165) is 5.56 Å². The fourth-order valence-corrected chi connectivity index (χ4v) is 1.84. The highest BCUT2D eigenvalue weighted by molar-refractivity contribution is 7.85. The van der Waals surface area contributed by atoms with Crippen LogP contribution in [-0.2, 0) is 10.1 Å². The van der Waals surface area contributed by atoms with E-state index in [2.05, 4.69) is 4.98 Å². The molecule has 0 unspecified atom stereocenters. The second-order valence-corrected chi connectivity index (χ2v) is 5.52. The maximum Gasteiger partial charge on any atom is 0.391 e. The number of nitro groups is 1. The molecule has 0 saturated carbocycles. The van der Waals surface area contributed by atoms with Crippen molar-refractivity contribution < 1.29 is 17.9 Å². The number of nitro benzene ring substituents is 1. The molecule has 0 aromatic heterocycles. The maximum absolute atomic E-state index is 10.4. The molecule has 0 fully saturated rings. The van der Waals surface area contributed by atoms with E-state index in [4.69, 9.17) is 5.39 Å².